The van der Waals surface area contributed by atoms with Gasteiger partial charge in [0.05, 0.1) is 34.1 Å². The molecule has 1 unspecified atom stereocenters. The lowest BCUT2D eigenvalue weighted by molar-refractivity contribution is -0.140. The van der Waals surface area contributed by atoms with Crippen molar-refractivity contribution in [3.05, 3.63) is 45.7 Å². The maximum atomic E-state index is 12.9. The zero-order valence-corrected chi connectivity index (χ0v) is 19.0. The van der Waals surface area contributed by atoms with Crippen molar-refractivity contribution in [2.24, 2.45) is 5.73 Å². The average Bonchev–Trinajstić information content (AvgIpc) is 3.16. The molecule has 1 fully saturated rings. The predicted molar refractivity (Wildman–Crippen MR) is 122 cm³/mol. The first kappa shape index (κ1) is 24.9. The molecule has 3 rings (SSSR count). The van der Waals surface area contributed by atoms with Crippen molar-refractivity contribution >= 4 is 46.7 Å². The number of aliphatic carboxylic acids is 1. The van der Waals surface area contributed by atoms with E-state index in [4.69, 9.17) is 38.8 Å². The largest absolute Gasteiger partial charge is 0.480 e. The van der Waals surface area contributed by atoms with E-state index in [1.54, 1.807) is 6.07 Å². The zero-order chi connectivity index (χ0) is 24.0. The Morgan fingerprint density at radius 2 is 1.91 bits per heavy atom. The number of amides is 2. The monoisotopic (exact) mass is 498 g/mol. The van der Waals surface area contributed by atoms with E-state index in [0.717, 1.165) is 25.9 Å². The summed E-state index contributed by atoms with van der Waals surface area (Å²) in [5.74, 6) is -2.29. The number of rotatable bonds is 9. The summed E-state index contributed by atoms with van der Waals surface area (Å²) in [5.41, 5.74) is 5.57. The lowest BCUT2D eigenvalue weighted by Crippen LogP contribution is -2.43. The van der Waals surface area contributed by atoms with Gasteiger partial charge in [-0.3, -0.25) is 14.4 Å². The van der Waals surface area contributed by atoms with Crippen LogP contribution in [0.3, 0.4) is 0 Å². The fourth-order valence-electron chi connectivity index (χ4n) is 3.21. The van der Waals surface area contributed by atoms with Gasteiger partial charge in [-0.2, -0.15) is 5.10 Å². The molecule has 13 heteroatoms. The number of hydrogen-bond donors (Lipinski definition) is 5. The predicted octanol–water partition coefficient (Wildman–Crippen LogP) is 1.31. The van der Waals surface area contributed by atoms with Crippen molar-refractivity contribution < 1.29 is 24.2 Å². The highest BCUT2D eigenvalue weighted by atomic mass is 35.5. The molecule has 0 radical (unpaired) electrons. The van der Waals surface area contributed by atoms with E-state index in [1.165, 1.54) is 23.0 Å². The van der Waals surface area contributed by atoms with Gasteiger partial charge < -0.3 is 31.5 Å². The fourth-order valence-corrected chi connectivity index (χ4v) is 3.78. The van der Waals surface area contributed by atoms with Gasteiger partial charge in [0.15, 0.2) is 5.69 Å². The van der Waals surface area contributed by atoms with Crippen LogP contribution in [0, 0.1) is 0 Å². The van der Waals surface area contributed by atoms with Crippen LogP contribution in [-0.4, -0.2) is 64.5 Å². The van der Waals surface area contributed by atoms with Gasteiger partial charge in [0, 0.05) is 6.04 Å². The minimum Gasteiger partial charge on any atom is -0.480 e. The number of aromatic nitrogens is 2. The molecular formula is C20H24Cl2N6O5. The Bertz CT molecular complexity index is 1000. The second kappa shape index (κ2) is 11.4. The van der Waals surface area contributed by atoms with Crippen molar-refractivity contribution in [2.45, 2.75) is 31.7 Å². The number of piperidine rings is 1. The molecule has 6 N–H and O–H groups in total. The Labute approximate surface area is 199 Å². The Balaban J connectivity index is 1.79. The fraction of sp³-hybridized carbons (Fsp3) is 0.400. The first-order valence-electron chi connectivity index (χ1n) is 10.2. The normalized spacial score (nSPS) is 15.1. The van der Waals surface area contributed by atoms with Gasteiger partial charge in [-0.15, -0.1) is 0 Å². The highest BCUT2D eigenvalue weighted by molar-refractivity contribution is 6.40. The van der Waals surface area contributed by atoms with Crippen molar-refractivity contribution in [2.75, 3.05) is 25.0 Å². The summed E-state index contributed by atoms with van der Waals surface area (Å²) in [7, 11) is 0. The van der Waals surface area contributed by atoms with Crippen LogP contribution in [0.15, 0.2) is 24.4 Å². The molecular weight excluding hydrogens is 475 g/mol. The number of carbonyl (C=O) groups excluding carboxylic acids is 2. The van der Waals surface area contributed by atoms with Crippen molar-refractivity contribution in [3.8, 4) is 0 Å². The molecule has 1 aliphatic heterocycles. The molecule has 1 aromatic carbocycles. The second-order valence-electron chi connectivity index (χ2n) is 7.42. The number of nitrogens with two attached hydrogens (primary N) is 1. The molecule has 2 aromatic rings. The lowest BCUT2D eigenvalue weighted by atomic mass is 10.1. The Hall–Kier alpha value is -2.70. The van der Waals surface area contributed by atoms with Crippen LogP contribution < -0.4 is 21.7 Å². The Kier molecular flexibility index (Phi) is 8.64. The van der Waals surface area contributed by atoms with Crippen molar-refractivity contribution in [3.63, 3.8) is 0 Å². The van der Waals surface area contributed by atoms with Gasteiger partial charge in [-0.05, 0) is 38.1 Å². The Morgan fingerprint density at radius 1 is 1.24 bits per heavy atom. The van der Waals surface area contributed by atoms with E-state index in [2.05, 4.69) is 21.0 Å². The second-order valence-corrected chi connectivity index (χ2v) is 8.24. The molecule has 11 nitrogen and oxygen atoms in total. The number of anilines is 1. The van der Waals surface area contributed by atoms with E-state index >= 15 is 0 Å². The van der Waals surface area contributed by atoms with E-state index in [0.29, 0.717) is 0 Å². The van der Waals surface area contributed by atoms with Gasteiger partial charge >= 0.3 is 5.97 Å². The SMILES string of the molecule is NC(COCn1cc(NC(=O)c2c(Cl)cccc2Cl)c(C(=O)NC2CCNCC2)n1)C(=O)O. The number of carboxylic acid groups (broad SMARTS) is 1. The highest BCUT2D eigenvalue weighted by Gasteiger charge is 2.24. The molecule has 0 spiro atoms. The number of nitrogens with one attached hydrogen (secondary N) is 3. The number of nitrogens with zero attached hydrogens (tertiary/aromatic N) is 2. The number of halogens is 2. The maximum Gasteiger partial charge on any atom is 0.322 e. The summed E-state index contributed by atoms with van der Waals surface area (Å²) >= 11 is 12.2. The molecule has 0 saturated carbocycles. The molecule has 1 aliphatic rings. The summed E-state index contributed by atoms with van der Waals surface area (Å²) in [6.45, 7) is 1.12. The third kappa shape index (κ3) is 6.65. The smallest absolute Gasteiger partial charge is 0.322 e. The van der Waals surface area contributed by atoms with E-state index in [9.17, 15) is 14.4 Å². The van der Waals surface area contributed by atoms with Crippen LogP contribution in [0.5, 0.6) is 0 Å². The lowest BCUT2D eigenvalue weighted by Gasteiger charge is -2.23. The van der Waals surface area contributed by atoms with E-state index in [1.807, 2.05) is 0 Å². The maximum absolute atomic E-state index is 12.9. The molecule has 2 amide bonds. The van der Waals surface area contributed by atoms with Crippen LogP contribution in [0.2, 0.25) is 10.0 Å². The zero-order valence-electron chi connectivity index (χ0n) is 17.5. The molecule has 0 bridgehead atoms. The number of carboxylic acids is 1. The molecule has 178 valence electrons. The third-order valence-electron chi connectivity index (χ3n) is 4.93. The molecule has 1 saturated heterocycles. The number of ether oxygens (including phenoxy) is 1. The van der Waals surface area contributed by atoms with E-state index in [-0.39, 0.29) is 46.4 Å². The number of hydrogen-bond acceptors (Lipinski definition) is 7. The Morgan fingerprint density at radius 3 is 2.55 bits per heavy atom. The topological polar surface area (TPSA) is 161 Å². The number of benzene rings is 1. The van der Waals surface area contributed by atoms with Crippen LogP contribution >= 0.6 is 23.2 Å². The first-order chi connectivity index (χ1) is 15.8. The first-order valence-corrected chi connectivity index (χ1v) is 10.9. The van der Waals surface area contributed by atoms with Gasteiger partial charge in [0.1, 0.15) is 12.8 Å². The van der Waals surface area contributed by atoms with Gasteiger partial charge in [-0.1, -0.05) is 29.3 Å². The van der Waals surface area contributed by atoms with Gasteiger partial charge in [0.2, 0.25) is 0 Å². The summed E-state index contributed by atoms with van der Waals surface area (Å²) in [4.78, 5) is 36.6. The molecule has 1 aromatic heterocycles. The summed E-state index contributed by atoms with van der Waals surface area (Å²) in [5, 5.41) is 22.1. The van der Waals surface area contributed by atoms with Crippen molar-refractivity contribution in [1.29, 1.82) is 0 Å². The van der Waals surface area contributed by atoms with E-state index < -0.39 is 23.8 Å². The highest BCUT2D eigenvalue weighted by Crippen LogP contribution is 2.26. The summed E-state index contributed by atoms with van der Waals surface area (Å²) in [6.07, 6.45) is 2.92. The molecule has 0 aliphatic carbocycles. The van der Waals surface area contributed by atoms with Crippen LogP contribution in [0.1, 0.15) is 33.7 Å². The van der Waals surface area contributed by atoms with Crippen LogP contribution in [-0.2, 0) is 16.3 Å². The van der Waals surface area contributed by atoms with Crippen LogP contribution in [0.4, 0.5) is 5.69 Å². The van der Waals surface area contributed by atoms with Gasteiger partial charge in [0.25, 0.3) is 11.8 Å². The minimum absolute atomic E-state index is 0.0313. The van der Waals surface area contributed by atoms with Crippen LogP contribution in [0.25, 0.3) is 0 Å². The standard InChI is InChI=1S/C20H24Cl2N6O5/c21-12-2-1-3-13(22)16(12)18(29)26-15-8-28(10-33-9-14(23)20(31)32)27-17(15)19(30)25-11-4-6-24-7-5-11/h1-3,8,11,14,24H,4-7,9-10,23H2,(H,25,30)(H,26,29)(H,31,32). The molecule has 2 heterocycles. The summed E-state index contributed by atoms with van der Waals surface area (Å²) in [6, 6.07) is 3.42. The quantitative estimate of drug-likeness (QED) is 0.345. The molecule has 1 atom stereocenters. The number of carbonyl (C=O) groups is 3. The van der Waals surface area contributed by atoms with Crippen molar-refractivity contribution in [1.82, 2.24) is 20.4 Å². The molecule has 33 heavy (non-hydrogen) atoms. The average molecular weight is 499 g/mol. The van der Waals surface area contributed by atoms with Gasteiger partial charge in [-0.25, -0.2) is 4.68 Å². The minimum atomic E-state index is -1.21. The third-order valence-corrected chi connectivity index (χ3v) is 5.56. The summed E-state index contributed by atoms with van der Waals surface area (Å²) < 4.78 is 6.53.